The summed E-state index contributed by atoms with van der Waals surface area (Å²) < 4.78 is 0. The highest BCUT2D eigenvalue weighted by Crippen LogP contribution is 2.22. The van der Waals surface area contributed by atoms with E-state index in [9.17, 15) is 0 Å². The lowest BCUT2D eigenvalue weighted by molar-refractivity contribution is 0.174. The lowest BCUT2D eigenvalue weighted by atomic mass is 9.91. The van der Waals surface area contributed by atoms with Gasteiger partial charge in [-0.1, -0.05) is 17.7 Å². The van der Waals surface area contributed by atoms with Crippen molar-refractivity contribution in [3.63, 3.8) is 0 Å². The Balaban J connectivity index is 1.90. The highest BCUT2D eigenvalue weighted by Gasteiger charge is 2.22. The fraction of sp³-hybridized carbons (Fsp3) is 0.615. The van der Waals surface area contributed by atoms with Crippen LogP contribution in [-0.4, -0.2) is 29.0 Å². The lowest BCUT2D eigenvalue weighted by Crippen LogP contribution is -2.38. The summed E-state index contributed by atoms with van der Waals surface area (Å²) in [6.45, 7) is 0.862. The number of hydrogen-bond acceptors (Lipinski definition) is 3. The van der Waals surface area contributed by atoms with Crippen molar-refractivity contribution in [3.05, 3.63) is 29.0 Å². The molecule has 1 heterocycles. The number of pyridine rings is 1. The predicted molar refractivity (Wildman–Crippen MR) is 70.9 cm³/mol. The molecule has 94 valence electrons. The molecular formula is C13H20ClN3. The predicted octanol–water partition coefficient (Wildman–Crippen LogP) is 2.44. The van der Waals surface area contributed by atoms with Crippen LogP contribution in [-0.2, 0) is 6.54 Å². The Morgan fingerprint density at radius 1 is 1.35 bits per heavy atom. The molecule has 1 aliphatic rings. The molecule has 3 nitrogen and oxygen atoms in total. The molecule has 0 radical (unpaired) electrons. The van der Waals surface area contributed by atoms with E-state index in [0.29, 0.717) is 17.2 Å². The van der Waals surface area contributed by atoms with Crippen LogP contribution in [0.4, 0.5) is 0 Å². The van der Waals surface area contributed by atoms with Crippen molar-refractivity contribution in [3.8, 4) is 0 Å². The average molecular weight is 254 g/mol. The first-order valence-electron chi connectivity index (χ1n) is 6.22. The minimum Gasteiger partial charge on any atom is -0.328 e. The van der Waals surface area contributed by atoms with Crippen LogP contribution in [0, 0.1) is 0 Å². The summed E-state index contributed by atoms with van der Waals surface area (Å²) in [5, 5.41) is 0.571. The van der Waals surface area contributed by atoms with Crippen LogP contribution in [0.2, 0.25) is 5.15 Å². The number of nitrogens with zero attached hydrogens (tertiary/aromatic N) is 2. The van der Waals surface area contributed by atoms with Gasteiger partial charge < -0.3 is 5.73 Å². The molecule has 2 rings (SSSR count). The molecular weight excluding hydrogens is 234 g/mol. The monoisotopic (exact) mass is 253 g/mol. The number of aromatic nitrogens is 1. The second kappa shape index (κ2) is 5.80. The van der Waals surface area contributed by atoms with E-state index in [2.05, 4.69) is 16.9 Å². The minimum absolute atomic E-state index is 0.406. The van der Waals surface area contributed by atoms with Gasteiger partial charge in [-0.3, -0.25) is 4.90 Å². The van der Waals surface area contributed by atoms with E-state index < -0.39 is 0 Å². The third-order valence-electron chi connectivity index (χ3n) is 3.55. The molecule has 0 aromatic carbocycles. The van der Waals surface area contributed by atoms with Gasteiger partial charge in [0.05, 0.1) is 5.69 Å². The minimum atomic E-state index is 0.406. The number of hydrogen-bond donors (Lipinski definition) is 1. The van der Waals surface area contributed by atoms with E-state index in [4.69, 9.17) is 17.3 Å². The van der Waals surface area contributed by atoms with Crippen LogP contribution < -0.4 is 5.73 Å². The first-order valence-corrected chi connectivity index (χ1v) is 6.60. The van der Waals surface area contributed by atoms with Crippen molar-refractivity contribution in [1.29, 1.82) is 0 Å². The average Bonchev–Trinajstić information content (AvgIpc) is 2.29. The third-order valence-corrected chi connectivity index (χ3v) is 3.76. The largest absolute Gasteiger partial charge is 0.328 e. The topological polar surface area (TPSA) is 42.2 Å². The van der Waals surface area contributed by atoms with Crippen LogP contribution in [0.25, 0.3) is 0 Å². The van der Waals surface area contributed by atoms with Crippen molar-refractivity contribution in [1.82, 2.24) is 9.88 Å². The maximum Gasteiger partial charge on any atom is 0.129 e. The summed E-state index contributed by atoms with van der Waals surface area (Å²) in [7, 11) is 2.16. The van der Waals surface area contributed by atoms with Crippen LogP contribution in [0.1, 0.15) is 31.4 Å². The summed E-state index contributed by atoms with van der Waals surface area (Å²) in [4.78, 5) is 6.69. The van der Waals surface area contributed by atoms with E-state index in [1.165, 1.54) is 12.8 Å². The smallest absolute Gasteiger partial charge is 0.129 e. The molecule has 1 aromatic heterocycles. The Morgan fingerprint density at radius 3 is 2.71 bits per heavy atom. The molecule has 1 aromatic rings. The zero-order chi connectivity index (χ0) is 12.3. The van der Waals surface area contributed by atoms with E-state index in [-0.39, 0.29) is 0 Å². The van der Waals surface area contributed by atoms with Crippen molar-refractivity contribution in [2.45, 2.75) is 44.3 Å². The fourth-order valence-electron chi connectivity index (χ4n) is 2.47. The Bertz CT molecular complexity index is 361. The maximum absolute atomic E-state index is 5.92. The number of halogens is 1. The van der Waals surface area contributed by atoms with Crippen molar-refractivity contribution in [2.24, 2.45) is 5.73 Å². The van der Waals surface area contributed by atoms with Crippen LogP contribution in [0.15, 0.2) is 18.2 Å². The second-order valence-corrected chi connectivity index (χ2v) is 5.32. The number of nitrogens with two attached hydrogens (primary N) is 1. The molecule has 0 bridgehead atoms. The second-order valence-electron chi connectivity index (χ2n) is 4.94. The van der Waals surface area contributed by atoms with Gasteiger partial charge in [-0.05, 0) is 44.9 Å². The maximum atomic E-state index is 5.92. The highest BCUT2D eigenvalue weighted by molar-refractivity contribution is 6.29. The van der Waals surface area contributed by atoms with Gasteiger partial charge in [-0.25, -0.2) is 4.98 Å². The van der Waals surface area contributed by atoms with Gasteiger partial charge in [-0.2, -0.15) is 0 Å². The standard InChI is InChI=1S/C13H20ClN3/c1-17(12-7-5-10(15)6-8-12)9-11-3-2-4-13(14)16-11/h2-4,10,12H,5-9,15H2,1H3. The van der Waals surface area contributed by atoms with Crippen molar-refractivity contribution < 1.29 is 0 Å². The summed E-state index contributed by atoms with van der Waals surface area (Å²) in [6.07, 6.45) is 4.66. The molecule has 0 aliphatic heterocycles. The molecule has 0 spiro atoms. The SMILES string of the molecule is CN(Cc1cccc(Cl)n1)C1CCC(N)CC1. The molecule has 1 fully saturated rings. The Labute approximate surface area is 108 Å². The van der Waals surface area contributed by atoms with E-state index in [1.807, 2.05) is 18.2 Å². The zero-order valence-electron chi connectivity index (χ0n) is 10.3. The first kappa shape index (κ1) is 12.8. The zero-order valence-corrected chi connectivity index (χ0v) is 11.0. The summed E-state index contributed by atoms with van der Waals surface area (Å²) in [5.74, 6) is 0. The van der Waals surface area contributed by atoms with Gasteiger partial charge in [0, 0.05) is 18.6 Å². The normalized spacial score (nSPS) is 25.2. The summed E-state index contributed by atoms with van der Waals surface area (Å²) in [6, 6.07) is 6.83. The summed E-state index contributed by atoms with van der Waals surface area (Å²) in [5.41, 5.74) is 6.96. The van der Waals surface area contributed by atoms with E-state index in [0.717, 1.165) is 25.1 Å². The molecule has 1 saturated carbocycles. The number of rotatable bonds is 3. The van der Waals surface area contributed by atoms with Crippen LogP contribution in [0.5, 0.6) is 0 Å². The molecule has 0 amide bonds. The van der Waals surface area contributed by atoms with Crippen molar-refractivity contribution in [2.75, 3.05) is 7.05 Å². The van der Waals surface area contributed by atoms with Gasteiger partial charge in [0.15, 0.2) is 0 Å². The first-order chi connectivity index (χ1) is 8.15. The fourth-order valence-corrected chi connectivity index (χ4v) is 2.65. The molecule has 0 saturated heterocycles. The van der Waals surface area contributed by atoms with E-state index >= 15 is 0 Å². The van der Waals surface area contributed by atoms with Crippen LogP contribution in [0.3, 0.4) is 0 Å². The van der Waals surface area contributed by atoms with Gasteiger partial charge in [0.1, 0.15) is 5.15 Å². The molecule has 1 aliphatic carbocycles. The molecule has 17 heavy (non-hydrogen) atoms. The Kier molecular flexibility index (Phi) is 4.37. The third kappa shape index (κ3) is 3.66. The molecule has 4 heteroatoms. The van der Waals surface area contributed by atoms with Gasteiger partial charge >= 0.3 is 0 Å². The molecule has 0 atom stereocenters. The van der Waals surface area contributed by atoms with E-state index in [1.54, 1.807) is 0 Å². The van der Waals surface area contributed by atoms with Crippen LogP contribution >= 0.6 is 11.6 Å². The van der Waals surface area contributed by atoms with Gasteiger partial charge in [0.25, 0.3) is 0 Å². The Hall–Kier alpha value is -0.640. The summed E-state index contributed by atoms with van der Waals surface area (Å²) >= 11 is 5.89. The van der Waals surface area contributed by atoms with Crippen molar-refractivity contribution >= 4 is 11.6 Å². The molecule has 2 N–H and O–H groups in total. The van der Waals surface area contributed by atoms with Gasteiger partial charge in [-0.15, -0.1) is 0 Å². The highest BCUT2D eigenvalue weighted by atomic mass is 35.5. The molecule has 0 unspecified atom stereocenters. The van der Waals surface area contributed by atoms with Gasteiger partial charge in [0.2, 0.25) is 0 Å². The lowest BCUT2D eigenvalue weighted by Gasteiger charge is -2.33. The Morgan fingerprint density at radius 2 is 2.06 bits per heavy atom. The quantitative estimate of drug-likeness (QED) is 0.842.